The molecule has 0 fully saturated rings. The Morgan fingerprint density at radius 3 is 2.22 bits per heavy atom. The average Bonchev–Trinajstić information content (AvgIpc) is 2.56. The summed E-state index contributed by atoms with van der Waals surface area (Å²) in [6.45, 7) is 2.16. The van der Waals surface area contributed by atoms with Gasteiger partial charge in [-0.05, 0) is 36.8 Å². The Hall–Kier alpha value is -2.90. The zero-order chi connectivity index (χ0) is 16.5. The molecule has 6 N–H and O–H groups in total. The largest absolute Gasteiger partial charge is 0.323 e. The second-order valence-electron chi connectivity index (χ2n) is 4.71. The van der Waals surface area contributed by atoms with Gasteiger partial charge in [-0.2, -0.15) is 5.10 Å². The van der Waals surface area contributed by atoms with Crippen LogP contribution in [0.4, 0.5) is 16.2 Å². The average molecular weight is 312 g/mol. The minimum Gasteiger partial charge on any atom is -0.317 e. The van der Waals surface area contributed by atoms with Crippen LogP contribution in [0, 0.1) is 0 Å². The van der Waals surface area contributed by atoms with Gasteiger partial charge in [0.2, 0.25) is 0 Å². The van der Waals surface area contributed by atoms with Crippen LogP contribution in [0.5, 0.6) is 0 Å². The highest BCUT2D eigenvalue weighted by molar-refractivity contribution is 6.01. The predicted molar refractivity (Wildman–Crippen MR) is 93.1 cm³/mol. The van der Waals surface area contributed by atoms with E-state index in [4.69, 9.17) is 5.73 Å². The van der Waals surface area contributed by atoms with Gasteiger partial charge in [0.25, 0.3) is 0 Å². The molecule has 2 rings (SSSR count). The van der Waals surface area contributed by atoms with Gasteiger partial charge in [-0.3, -0.25) is 0 Å². The number of carbonyl (C=O) groups is 1. The molecule has 2 aromatic carbocycles. The number of rotatable bonds is 6. The van der Waals surface area contributed by atoms with Gasteiger partial charge in [-0.25, -0.2) is 15.8 Å². The maximum absolute atomic E-state index is 11.9. The normalized spacial score (nSPS) is 11.0. The van der Waals surface area contributed by atoms with Gasteiger partial charge >= 0.3 is 6.03 Å². The van der Waals surface area contributed by atoms with E-state index < -0.39 is 0 Å². The number of urea groups is 1. The lowest BCUT2D eigenvalue weighted by molar-refractivity contribution is 0.262. The van der Waals surface area contributed by atoms with Gasteiger partial charge in [0.05, 0.1) is 12.4 Å². The van der Waals surface area contributed by atoms with Crippen molar-refractivity contribution in [2.75, 3.05) is 17.3 Å². The topological polar surface area (TPSA) is 104 Å². The molecule has 0 bridgehead atoms. The van der Waals surface area contributed by atoms with Gasteiger partial charge in [-0.15, -0.1) is 0 Å². The summed E-state index contributed by atoms with van der Waals surface area (Å²) in [7, 11) is 0. The lowest BCUT2D eigenvalue weighted by Crippen LogP contribution is -2.33. The third kappa shape index (κ3) is 5.42. The van der Waals surface area contributed by atoms with Crippen LogP contribution in [-0.4, -0.2) is 18.4 Å². The van der Waals surface area contributed by atoms with Crippen molar-refractivity contribution in [2.24, 2.45) is 10.8 Å². The van der Waals surface area contributed by atoms with E-state index in [-0.39, 0.29) is 12.7 Å². The Bertz CT molecular complexity index is 654. The van der Waals surface area contributed by atoms with Crippen molar-refractivity contribution in [2.45, 2.75) is 6.92 Å². The molecule has 23 heavy (non-hydrogen) atoms. The number of hydrazone groups is 1. The summed E-state index contributed by atoms with van der Waals surface area (Å²) < 4.78 is 0. The fourth-order valence-electron chi connectivity index (χ4n) is 1.84. The Morgan fingerprint density at radius 1 is 1.00 bits per heavy atom. The SMILES string of the molecule is C/C(=N\NNCN)c1ccc(NC(=O)Nc2ccccc2)cc1. The first kappa shape index (κ1) is 16.5. The third-order valence-corrected chi connectivity index (χ3v) is 3.00. The second-order valence-corrected chi connectivity index (χ2v) is 4.71. The third-order valence-electron chi connectivity index (χ3n) is 3.00. The summed E-state index contributed by atoms with van der Waals surface area (Å²) in [5.74, 6) is 0. The Kier molecular flexibility index (Phi) is 6.10. The maximum atomic E-state index is 11.9. The smallest absolute Gasteiger partial charge is 0.317 e. The fourth-order valence-corrected chi connectivity index (χ4v) is 1.84. The van der Waals surface area contributed by atoms with E-state index in [0.29, 0.717) is 5.69 Å². The Balaban J connectivity index is 1.92. The summed E-state index contributed by atoms with van der Waals surface area (Å²) >= 11 is 0. The highest BCUT2D eigenvalue weighted by Gasteiger charge is 2.03. The molecule has 0 saturated heterocycles. The zero-order valence-corrected chi connectivity index (χ0v) is 12.8. The number of carbonyl (C=O) groups excluding carboxylic acids is 1. The van der Waals surface area contributed by atoms with Gasteiger partial charge in [0.1, 0.15) is 0 Å². The molecule has 0 aromatic heterocycles. The van der Waals surface area contributed by atoms with Crippen molar-refractivity contribution in [1.82, 2.24) is 11.0 Å². The molecule has 0 atom stereocenters. The van der Waals surface area contributed by atoms with Crippen molar-refractivity contribution in [1.29, 1.82) is 0 Å². The molecule has 2 amide bonds. The number of hydrogen-bond acceptors (Lipinski definition) is 5. The molecule has 7 nitrogen and oxygen atoms in total. The van der Waals surface area contributed by atoms with Crippen LogP contribution in [0.1, 0.15) is 12.5 Å². The number of para-hydroxylation sites is 1. The van der Waals surface area contributed by atoms with Crippen LogP contribution in [0.15, 0.2) is 59.7 Å². The first-order valence-corrected chi connectivity index (χ1v) is 7.15. The highest BCUT2D eigenvalue weighted by atomic mass is 16.2. The minimum absolute atomic E-state index is 0.288. The lowest BCUT2D eigenvalue weighted by atomic mass is 10.1. The number of benzene rings is 2. The number of nitrogens with one attached hydrogen (secondary N) is 4. The molecular weight excluding hydrogens is 292 g/mol. The van der Waals surface area contributed by atoms with E-state index in [9.17, 15) is 4.79 Å². The van der Waals surface area contributed by atoms with Gasteiger partial charge in [0, 0.05) is 11.4 Å². The van der Waals surface area contributed by atoms with Crippen LogP contribution in [0.3, 0.4) is 0 Å². The molecule has 0 saturated carbocycles. The van der Waals surface area contributed by atoms with Crippen molar-refractivity contribution in [3.05, 3.63) is 60.2 Å². The number of nitrogens with two attached hydrogens (primary N) is 1. The highest BCUT2D eigenvalue weighted by Crippen LogP contribution is 2.11. The summed E-state index contributed by atoms with van der Waals surface area (Å²) in [6.07, 6.45) is 0. The van der Waals surface area contributed by atoms with E-state index in [1.165, 1.54) is 0 Å². The van der Waals surface area contributed by atoms with Crippen LogP contribution >= 0.6 is 0 Å². The van der Waals surface area contributed by atoms with E-state index in [1.54, 1.807) is 0 Å². The van der Waals surface area contributed by atoms with Crippen LogP contribution in [-0.2, 0) is 0 Å². The van der Waals surface area contributed by atoms with Gasteiger partial charge in [0.15, 0.2) is 0 Å². The number of nitrogens with zero attached hydrogens (tertiary/aromatic N) is 1. The summed E-state index contributed by atoms with van der Waals surface area (Å²) in [4.78, 5) is 11.9. The van der Waals surface area contributed by atoms with E-state index in [1.807, 2.05) is 61.5 Å². The number of hydrogen-bond donors (Lipinski definition) is 5. The summed E-state index contributed by atoms with van der Waals surface area (Å²) in [6, 6.07) is 16.4. The number of anilines is 2. The molecule has 0 aliphatic carbocycles. The maximum Gasteiger partial charge on any atom is 0.323 e. The van der Waals surface area contributed by atoms with Crippen LogP contribution in [0.2, 0.25) is 0 Å². The van der Waals surface area contributed by atoms with Crippen molar-refractivity contribution in [3.8, 4) is 0 Å². The molecule has 0 radical (unpaired) electrons. The van der Waals surface area contributed by atoms with Crippen molar-refractivity contribution in [3.63, 3.8) is 0 Å². The zero-order valence-electron chi connectivity index (χ0n) is 12.8. The van der Waals surface area contributed by atoms with E-state index in [0.717, 1.165) is 17.0 Å². The molecule has 0 aliphatic heterocycles. The van der Waals surface area contributed by atoms with Crippen LogP contribution in [0.25, 0.3) is 0 Å². The number of amides is 2. The minimum atomic E-state index is -0.289. The van der Waals surface area contributed by atoms with Gasteiger partial charge in [-0.1, -0.05) is 30.3 Å². The standard InChI is InChI=1S/C16H20N6O/c1-12(21-22-18-11-17)13-7-9-15(10-8-13)20-16(23)19-14-5-3-2-4-6-14/h2-10,18,22H,11,17H2,1H3,(H2,19,20,23)/b21-12+. The molecule has 0 heterocycles. The molecule has 0 aliphatic rings. The fraction of sp³-hybridized carbons (Fsp3) is 0.125. The van der Waals surface area contributed by atoms with Crippen molar-refractivity contribution >= 4 is 23.1 Å². The summed E-state index contributed by atoms with van der Waals surface area (Å²) in [5, 5.41) is 9.64. The molecule has 7 heteroatoms. The molecule has 0 spiro atoms. The second kappa shape index (κ2) is 8.52. The van der Waals surface area contributed by atoms with Crippen LogP contribution < -0.4 is 27.3 Å². The van der Waals surface area contributed by atoms with Gasteiger partial charge < -0.3 is 16.4 Å². The number of hydrazine groups is 1. The molecule has 2 aromatic rings. The Labute approximate surface area is 134 Å². The summed E-state index contributed by atoms with van der Waals surface area (Å²) in [5.41, 5.74) is 13.8. The monoisotopic (exact) mass is 312 g/mol. The van der Waals surface area contributed by atoms with E-state index in [2.05, 4.69) is 26.7 Å². The Morgan fingerprint density at radius 2 is 1.61 bits per heavy atom. The molecule has 120 valence electrons. The molecular formula is C16H20N6O. The first-order valence-electron chi connectivity index (χ1n) is 7.15. The van der Waals surface area contributed by atoms with Crippen molar-refractivity contribution < 1.29 is 4.79 Å². The molecule has 0 unspecified atom stereocenters. The predicted octanol–water partition coefficient (Wildman–Crippen LogP) is 2.06. The lowest BCUT2D eigenvalue weighted by Gasteiger charge is -2.08. The quantitative estimate of drug-likeness (QED) is 0.244. The van der Waals surface area contributed by atoms with E-state index >= 15 is 0 Å². The first-order chi connectivity index (χ1) is 11.2.